The number of hydrogen-bond acceptors (Lipinski definition) is 2. The average molecular weight is 190 g/mol. The Morgan fingerprint density at radius 1 is 1.18 bits per heavy atom. The summed E-state index contributed by atoms with van der Waals surface area (Å²) in [6, 6.07) is 0. The van der Waals surface area contributed by atoms with E-state index >= 15 is 0 Å². The monoisotopic (exact) mass is 190 g/mol. The molecule has 0 spiro atoms. The van der Waals surface area contributed by atoms with Crippen LogP contribution in [-0.4, -0.2) is 16.1 Å². The van der Waals surface area contributed by atoms with Crippen LogP contribution >= 0.6 is 23.5 Å². The third kappa shape index (κ3) is 3.29. The smallest absolute Gasteiger partial charge is 0.0500 e. The number of thioether (sulfide) groups is 2. The van der Waals surface area contributed by atoms with Crippen LogP contribution in [0.5, 0.6) is 0 Å². The lowest BCUT2D eigenvalue weighted by molar-refractivity contribution is 0.560. The first-order valence-electron chi connectivity index (χ1n) is 4.60. The predicted molar refractivity (Wildman–Crippen MR) is 57.4 cm³/mol. The van der Waals surface area contributed by atoms with E-state index in [4.69, 9.17) is 0 Å². The molecule has 66 valence electrons. The molecule has 0 aromatic heterocycles. The SMILES string of the molecule is CCC1CCSC(CC)SC1. The van der Waals surface area contributed by atoms with E-state index in [9.17, 15) is 0 Å². The van der Waals surface area contributed by atoms with Crippen molar-refractivity contribution in [1.29, 1.82) is 0 Å². The molecule has 0 bridgehead atoms. The molecular weight excluding hydrogens is 172 g/mol. The van der Waals surface area contributed by atoms with E-state index in [2.05, 4.69) is 37.4 Å². The second-order valence-corrected chi connectivity index (χ2v) is 5.95. The lowest BCUT2D eigenvalue weighted by atomic mass is 10.1. The van der Waals surface area contributed by atoms with Gasteiger partial charge in [0.2, 0.25) is 0 Å². The van der Waals surface area contributed by atoms with Gasteiger partial charge in [-0.15, -0.1) is 23.5 Å². The molecule has 1 rings (SSSR count). The Morgan fingerprint density at radius 3 is 2.64 bits per heavy atom. The highest BCUT2D eigenvalue weighted by Gasteiger charge is 2.16. The maximum Gasteiger partial charge on any atom is 0.0500 e. The van der Waals surface area contributed by atoms with Gasteiger partial charge in [-0.3, -0.25) is 0 Å². The van der Waals surface area contributed by atoms with Gasteiger partial charge < -0.3 is 0 Å². The molecule has 11 heavy (non-hydrogen) atoms. The largest absolute Gasteiger partial charge is 0.148 e. The molecule has 1 aliphatic rings. The van der Waals surface area contributed by atoms with Crippen LogP contribution in [0.15, 0.2) is 0 Å². The molecule has 0 amide bonds. The first kappa shape index (κ1) is 9.79. The quantitative estimate of drug-likeness (QED) is 0.652. The van der Waals surface area contributed by atoms with Gasteiger partial charge in [-0.25, -0.2) is 0 Å². The van der Waals surface area contributed by atoms with E-state index in [-0.39, 0.29) is 0 Å². The summed E-state index contributed by atoms with van der Waals surface area (Å²) in [6.45, 7) is 4.62. The molecule has 1 saturated heterocycles. The van der Waals surface area contributed by atoms with Crippen molar-refractivity contribution >= 4 is 23.5 Å². The Balaban J connectivity index is 2.27. The fourth-order valence-corrected chi connectivity index (χ4v) is 4.30. The molecule has 0 aromatic carbocycles. The van der Waals surface area contributed by atoms with Crippen molar-refractivity contribution in [2.75, 3.05) is 11.5 Å². The predicted octanol–water partition coefficient (Wildman–Crippen LogP) is 3.62. The van der Waals surface area contributed by atoms with Crippen molar-refractivity contribution in [2.24, 2.45) is 5.92 Å². The molecule has 0 nitrogen and oxygen atoms in total. The van der Waals surface area contributed by atoms with Gasteiger partial charge in [-0.2, -0.15) is 0 Å². The Bertz CT molecular complexity index is 91.7. The fraction of sp³-hybridized carbons (Fsp3) is 1.00. The minimum atomic E-state index is 0.895. The van der Waals surface area contributed by atoms with Gasteiger partial charge in [0.25, 0.3) is 0 Å². The highest BCUT2D eigenvalue weighted by Crippen LogP contribution is 2.34. The average Bonchev–Trinajstić information content (AvgIpc) is 2.28. The van der Waals surface area contributed by atoms with Crippen LogP contribution in [0.2, 0.25) is 0 Å². The molecule has 0 aliphatic carbocycles. The van der Waals surface area contributed by atoms with Crippen LogP contribution in [0.25, 0.3) is 0 Å². The van der Waals surface area contributed by atoms with Crippen molar-refractivity contribution in [3.63, 3.8) is 0 Å². The first-order valence-corrected chi connectivity index (χ1v) is 6.69. The van der Waals surface area contributed by atoms with Crippen LogP contribution in [0.4, 0.5) is 0 Å². The summed E-state index contributed by atoms with van der Waals surface area (Å²) in [4.78, 5) is 0. The zero-order chi connectivity index (χ0) is 8.10. The van der Waals surface area contributed by atoms with E-state index in [0.29, 0.717) is 0 Å². The molecule has 0 saturated carbocycles. The van der Waals surface area contributed by atoms with E-state index in [1.807, 2.05) is 0 Å². The zero-order valence-electron chi connectivity index (χ0n) is 7.51. The van der Waals surface area contributed by atoms with Gasteiger partial charge >= 0.3 is 0 Å². The van der Waals surface area contributed by atoms with Crippen molar-refractivity contribution in [3.8, 4) is 0 Å². The van der Waals surface area contributed by atoms with Crippen molar-refractivity contribution in [2.45, 2.75) is 37.7 Å². The lowest BCUT2D eigenvalue weighted by Gasteiger charge is -2.10. The summed E-state index contributed by atoms with van der Waals surface area (Å²) in [6.07, 6.45) is 4.17. The van der Waals surface area contributed by atoms with Gasteiger partial charge in [0.15, 0.2) is 0 Å². The summed E-state index contributed by atoms with van der Waals surface area (Å²) >= 11 is 4.35. The fourth-order valence-electron chi connectivity index (χ4n) is 1.30. The van der Waals surface area contributed by atoms with Crippen LogP contribution < -0.4 is 0 Å². The number of hydrogen-bond donors (Lipinski definition) is 0. The molecule has 2 heteroatoms. The Morgan fingerprint density at radius 2 is 2.00 bits per heavy atom. The minimum Gasteiger partial charge on any atom is -0.148 e. The van der Waals surface area contributed by atoms with Gasteiger partial charge in [0.1, 0.15) is 0 Å². The van der Waals surface area contributed by atoms with Crippen molar-refractivity contribution < 1.29 is 0 Å². The van der Waals surface area contributed by atoms with Crippen LogP contribution in [0, 0.1) is 5.92 Å². The van der Waals surface area contributed by atoms with Gasteiger partial charge in [0.05, 0.1) is 0 Å². The molecule has 1 aliphatic heterocycles. The molecule has 2 atom stereocenters. The zero-order valence-corrected chi connectivity index (χ0v) is 9.14. The Labute approximate surface area is 78.9 Å². The van der Waals surface area contributed by atoms with E-state index < -0.39 is 0 Å². The Kier molecular flexibility index (Phi) is 4.77. The molecule has 1 fully saturated rings. The highest BCUT2D eigenvalue weighted by atomic mass is 32.2. The van der Waals surface area contributed by atoms with Gasteiger partial charge in [0, 0.05) is 4.58 Å². The van der Waals surface area contributed by atoms with Crippen molar-refractivity contribution in [1.82, 2.24) is 0 Å². The summed E-state index contributed by atoms with van der Waals surface area (Å²) in [5.74, 6) is 3.80. The van der Waals surface area contributed by atoms with Crippen LogP contribution in [0.3, 0.4) is 0 Å². The molecule has 0 aromatic rings. The maximum absolute atomic E-state index is 2.32. The first-order chi connectivity index (χ1) is 5.36. The minimum absolute atomic E-state index is 0.895. The second-order valence-electron chi connectivity index (χ2n) is 3.10. The van der Waals surface area contributed by atoms with E-state index in [1.165, 1.54) is 30.8 Å². The molecule has 0 N–H and O–H groups in total. The second kappa shape index (κ2) is 5.36. The Hall–Kier alpha value is 0.700. The maximum atomic E-state index is 2.32. The summed E-state index contributed by atoms with van der Waals surface area (Å²) in [7, 11) is 0. The third-order valence-corrected chi connectivity index (χ3v) is 5.62. The molecule has 2 unspecified atom stereocenters. The standard InChI is InChI=1S/C9H18S2/c1-3-8-5-6-10-9(4-2)11-7-8/h8-9H,3-7H2,1-2H3. The summed E-state index contributed by atoms with van der Waals surface area (Å²) in [5, 5.41) is 0. The van der Waals surface area contributed by atoms with Gasteiger partial charge in [-0.1, -0.05) is 20.3 Å². The van der Waals surface area contributed by atoms with Crippen molar-refractivity contribution in [3.05, 3.63) is 0 Å². The van der Waals surface area contributed by atoms with E-state index in [1.54, 1.807) is 0 Å². The molecular formula is C9H18S2. The van der Waals surface area contributed by atoms with Crippen LogP contribution in [0.1, 0.15) is 33.1 Å². The summed E-state index contributed by atoms with van der Waals surface area (Å²) < 4.78 is 0.895. The van der Waals surface area contributed by atoms with Gasteiger partial charge in [-0.05, 0) is 30.3 Å². The lowest BCUT2D eigenvalue weighted by Crippen LogP contribution is -2.01. The van der Waals surface area contributed by atoms with Crippen LogP contribution in [-0.2, 0) is 0 Å². The summed E-state index contributed by atoms with van der Waals surface area (Å²) in [5.41, 5.74) is 0. The number of rotatable bonds is 2. The molecule has 0 radical (unpaired) electrons. The normalized spacial score (nSPS) is 33.3. The molecule has 1 heterocycles. The third-order valence-electron chi connectivity index (χ3n) is 2.26. The van der Waals surface area contributed by atoms with E-state index in [0.717, 1.165) is 10.5 Å². The highest BCUT2D eigenvalue weighted by molar-refractivity contribution is 8.17. The topological polar surface area (TPSA) is 0 Å².